The highest BCUT2D eigenvalue weighted by Crippen LogP contribution is 2.60. The summed E-state index contributed by atoms with van der Waals surface area (Å²) in [5, 5.41) is 0. The Morgan fingerprint density at radius 3 is 2.54 bits per heavy atom. The van der Waals surface area contributed by atoms with Gasteiger partial charge in [-0.3, -0.25) is 4.79 Å². The van der Waals surface area contributed by atoms with Crippen molar-refractivity contribution in [2.24, 2.45) is 17.3 Å². The predicted octanol–water partition coefficient (Wildman–Crippen LogP) is 6.15. The van der Waals surface area contributed by atoms with Crippen molar-refractivity contribution in [2.75, 3.05) is 0 Å². The summed E-state index contributed by atoms with van der Waals surface area (Å²) in [6.07, 6.45) is 7.53. The highest BCUT2D eigenvalue weighted by atomic mass is 35.5. The Morgan fingerprint density at radius 1 is 1.27 bits per heavy atom. The van der Waals surface area contributed by atoms with Gasteiger partial charge in [-0.25, -0.2) is 0 Å². The van der Waals surface area contributed by atoms with Crippen LogP contribution in [0.2, 0.25) is 0 Å². The minimum Gasteiger partial charge on any atom is -0.462 e. The lowest BCUT2D eigenvalue weighted by molar-refractivity contribution is -0.149. The molecule has 0 saturated heterocycles. The van der Waals surface area contributed by atoms with E-state index in [1.807, 2.05) is 13.8 Å². The van der Waals surface area contributed by atoms with Gasteiger partial charge in [-0.1, -0.05) is 78.3 Å². The lowest BCUT2D eigenvalue weighted by Gasteiger charge is -2.14. The fraction of sp³-hybridized carbons (Fsp3) is 0.316. The van der Waals surface area contributed by atoms with Gasteiger partial charge >= 0.3 is 5.97 Å². The molecule has 7 heteroatoms. The van der Waals surface area contributed by atoms with Crippen molar-refractivity contribution in [1.82, 2.24) is 0 Å². The number of esters is 1. The molecule has 1 aromatic carbocycles. The predicted molar refractivity (Wildman–Crippen MR) is 105 cm³/mol. The summed E-state index contributed by atoms with van der Waals surface area (Å²) in [6, 6.07) is 6.80. The van der Waals surface area contributed by atoms with Crippen LogP contribution in [-0.2, 0) is 9.53 Å². The van der Waals surface area contributed by atoms with E-state index in [2.05, 4.69) is 5.92 Å². The zero-order valence-corrected chi connectivity index (χ0v) is 17.0. The van der Waals surface area contributed by atoms with Crippen molar-refractivity contribution in [3.63, 3.8) is 0 Å². The van der Waals surface area contributed by atoms with Gasteiger partial charge in [-0.05, 0) is 29.5 Å². The third-order valence-electron chi connectivity index (χ3n) is 4.30. The molecular weight excluding hydrogens is 418 g/mol. The molecule has 1 aromatic rings. The molecule has 26 heavy (non-hydrogen) atoms. The van der Waals surface area contributed by atoms with E-state index in [0.717, 1.165) is 0 Å². The fourth-order valence-corrected chi connectivity index (χ4v) is 3.19. The normalized spacial score (nSPS) is 21.0. The van der Waals surface area contributed by atoms with Crippen molar-refractivity contribution in [2.45, 2.75) is 20.0 Å². The minimum atomic E-state index is -0.853. The summed E-state index contributed by atoms with van der Waals surface area (Å²) in [5.74, 6) is 2.08. The van der Waals surface area contributed by atoms with E-state index >= 15 is 0 Å². The first kappa shape index (κ1) is 21.0. The second-order valence-electron chi connectivity index (χ2n) is 6.36. The van der Waals surface area contributed by atoms with Gasteiger partial charge in [0.15, 0.2) is 6.10 Å². The number of halogens is 4. The maximum atomic E-state index is 12.5. The number of hydrogen-bond donors (Lipinski definition) is 0. The molecule has 1 aliphatic rings. The molecule has 138 valence electrons. The van der Waals surface area contributed by atoms with Crippen LogP contribution in [0.3, 0.4) is 0 Å². The van der Waals surface area contributed by atoms with E-state index < -0.39 is 12.1 Å². The van der Waals surface area contributed by atoms with E-state index in [9.17, 15) is 4.79 Å². The Morgan fingerprint density at radius 2 is 1.96 bits per heavy atom. The quantitative estimate of drug-likeness (QED) is 0.306. The highest BCUT2D eigenvalue weighted by Gasteiger charge is 2.61. The third-order valence-corrected chi connectivity index (χ3v) is 4.73. The molecule has 0 bridgehead atoms. The van der Waals surface area contributed by atoms with Crippen molar-refractivity contribution in [1.29, 1.82) is 0 Å². The van der Waals surface area contributed by atoms with E-state index in [-0.39, 0.29) is 26.2 Å². The fourth-order valence-electron chi connectivity index (χ4n) is 2.83. The molecule has 0 N–H and O–H groups in total. The molecule has 0 heterocycles. The first-order chi connectivity index (χ1) is 12.2. The molecule has 3 nitrogen and oxygen atoms in total. The SMILES string of the molecule is C#CC(OC(=O)C1C(C=C(Cl)Cl)C1(C)C)c1cccc(OC=C(Cl)Cl)c1. The monoisotopic (exact) mass is 432 g/mol. The molecule has 0 aliphatic heterocycles. The molecule has 3 atom stereocenters. The summed E-state index contributed by atoms with van der Waals surface area (Å²) < 4.78 is 10.9. The van der Waals surface area contributed by atoms with Crippen molar-refractivity contribution in [3.8, 4) is 18.1 Å². The topological polar surface area (TPSA) is 35.5 Å². The van der Waals surface area contributed by atoms with Gasteiger partial charge in [-0.15, -0.1) is 6.42 Å². The Kier molecular flexibility index (Phi) is 6.93. The maximum Gasteiger partial charge on any atom is 0.311 e. The van der Waals surface area contributed by atoms with Crippen molar-refractivity contribution < 1.29 is 14.3 Å². The zero-order chi connectivity index (χ0) is 19.5. The number of carbonyl (C=O) groups is 1. The van der Waals surface area contributed by atoms with Crippen LogP contribution in [0, 0.1) is 29.6 Å². The van der Waals surface area contributed by atoms with Crippen LogP contribution < -0.4 is 4.74 Å². The van der Waals surface area contributed by atoms with Gasteiger partial charge in [-0.2, -0.15) is 0 Å². The number of allylic oxidation sites excluding steroid dienone is 1. The Hall–Kier alpha value is -1.31. The van der Waals surface area contributed by atoms with Crippen LogP contribution in [-0.4, -0.2) is 5.97 Å². The summed E-state index contributed by atoms with van der Waals surface area (Å²) in [6.45, 7) is 3.89. The number of benzene rings is 1. The molecular formula is C19H16Cl4O3. The highest BCUT2D eigenvalue weighted by molar-refractivity contribution is 6.56. The van der Waals surface area contributed by atoms with Crippen molar-refractivity contribution >= 4 is 52.4 Å². The summed E-state index contributed by atoms with van der Waals surface area (Å²) in [5.41, 5.74) is 0.302. The van der Waals surface area contributed by atoms with E-state index in [1.165, 1.54) is 6.26 Å². The average Bonchev–Trinajstić information content (AvgIpc) is 3.10. The maximum absolute atomic E-state index is 12.5. The molecule has 2 rings (SSSR count). The molecule has 0 radical (unpaired) electrons. The summed E-state index contributed by atoms with van der Waals surface area (Å²) >= 11 is 22.5. The van der Waals surface area contributed by atoms with Crippen LogP contribution in [0.4, 0.5) is 0 Å². The summed E-state index contributed by atoms with van der Waals surface area (Å²) in [7, 11) is 0. The van der Waals surface area contributed by atoms with Gasteiger partial charge in [0.2, 0.25) is 0 Å². The molecule has 3 unspecified atom stereocenters. The minimum absolute atomic E-state index is 0.0247. The first-order valence-electron chi connectivity index (χ1n) is 7.64. The smallest absolute Gasteiger partial charge is 0.311 e. The Balaban J connectivity index is 2.12. The Labute approximate surface area is 172 Å². The van der Waals surface area contributed by atoms with Crippen LogP contribution in [0.25, 0.3) is 0 Å². The molecule has 0 aromatic heterocycles. The second kappa shape index (κ2) is 8.59. The zero-order valence-electron chi connectivity index (χ0n) is 14.0. The van der Waals surface area contributed by atoms with Crippen LogP contribution >= 0.6 is 46.4 Å². The van der Waals surface area contributed by atoms with Crippen molar-refractivity contribution in [3.05, 3.63) is 51.1 Å². The second-order valence-corrected chi connectivity index (χ2v) is 8.38. The van der Waals surface area contributed by atoms with Crippen LogP contribution in [0.1, 0.15) is 25.5 Å². The van der Waals surface area contributed by atoms with Gasteiger partial charge < -0.3 is 9.47 Å². The van der Waals surface area contributed by atoms with Crippen LogP contribution in [0.15, 0.2) is 45.6 Å². The van der Waals surface area contributed by atoms with Gasteiger partial charge in [0, 0.05) is 5.56 Å². The molecule has 1 saturated carbocycles. The number of hydrogen-bond acceptors (Lipinski definition) is 3. The number of carbonyl (C=O) groups excluding carboxylic acids is 1. The average molecular weight is 434 g/mol. The number of rotatable bonds is 6. The van der Waals surface area contributed by atoms with Crippen LogP contribution in [0.5, 0.6) is 5.75 Å². The number of ether oxygens (including phenoxy) is 2. The first-order valence-corrected chi connectivity index (χ1v) is 9.15. The third kappa shape index (κ3) is 5.11. The van der Waals surface area contributed by atoms with E-state index in [1.54, 1.807) is 30.3 Å². The van der Waals surface area contributed by atoms with E-state index in [0.29, 0.717) is 11.3 Å². The lowest BCUT2D eigenvalue weighted by atomic mass is 10.1. The van der Waals surface area contributed by atoms with Gasteiger partial charge in [0.1, 0.15) is 21.0 Å². The molecule has 0 amide bonds. The summed E-state index contributed by atoms with van der Waals surface area (Å²) in [4.78, 5) is 12.5. The van der Waals surface area contributed by atoms with Gasteiger partial charge in [0.25, 0.3) is 0 Å². The lowest BCUT2D eigenvalue weighted by Crippen LogP contribution is -2.14. The molecule has 0 spiro atoms. The van der Waals surface area contributed by atoms with E-state index in [4.69, 9.17) is 62.3 Å². The molecule has 1 fully saturated rings. The number of terminal acetylenes is 1. The van der Waals surface area contributed by atoms with Gasteiger partial charge in [0.05, 0.1) is 5.92 Å². The Bertz CT molecular complexity index is 784. The standard InChI is InChI=1S/C19H16Cl4O3/c1-4-14(11-6-5-7-12(8-11)25-10-16(22)23)26-18(24)17-13(9-15(20)21)19(17,2)3/h1,5-10,13-14,17H,2-3H3. The largest absolute Gasteiger partial charge is 0.462 e. The molecule has 1 aliphatic carbocycles.